The minimum absolute atomic E-state index is 0.170. The Hall–Kier alpha value is -0.380. The zero-order valence-corrected chi connectivity index (χ0v) is 8.18. The first-order valence-electron chi connectivity index (χ1n) is 4.23. The highest BCUT2D eigenvalue weighted by Gasteiger charge is 2.10. The molecule has 1 aromatic rings. The Morgan fingerprint density at radius 1 is 1.58 bits per heavy atom. The fraction of sp³-hybridized carbons (Fsp3) is 0.556. The lowest BCUT2D eigenvalue weighted by atomic mass is 10.0. The summed E-state index contributed by atoms with van der Waals surface area (Å²) in [6.07, 6.45) is 0.983. The van der Waals surface area contributed by atoms with Crippen molar-refractivity contribution in [2.45, 2.75) is 19.4 Å². The Labute approximate surface area is 77.6 Å². The standard InChI is InChI=1S/C9H16N2S/c1-7(6-10)5-8(11)9-3-2-4-12-9/h2-4,7-8H,5-6,10-11H2,1H3. The quantitative estimate of drug-likeness (QED) is 0.748. The summed E-state index contributed by atoms with van der Waals surface area (Å²) in [6, 6.07) is 4.29. The molecule has 1 heterocycles. The average molecular weight is 184 g/mol. The SMILES string of the molecule is CC(CN)CC(N)c1cccs1. The lowest BCUT2D eigenvalue weighted by molar-refractivity contribution is 0.486. The highest BCUT2D eigenvalue weighted by molar-refractivity contribution is 7.10. The maximum Gasteiger partial charge on any atom is 0.0392 e. The summed E-state index contributed by atoms with van der Waals surface area (Å²) in [5.74, 6) is 0.516. The molecule has 3 heteroatoms. The molecule has 0 aliphatic carbocycles. The first kappa shape index (κ1) is 9.71. The summed E-state index contributed by atoms with van der Waals surface area (Å²) < 4.78 is 0. The summed E-state index contributed by atoms with van der Waals surface area (Å²) in [4.78, 5) is 1.26. The van der Waals surface area contributed by atoms with Crippen LogP contribution in [0.2, 0.25) is 0 Å². The average Bonchev–Trinajstić information content (AvgIpc) is 2.56. The molecule has 68 valence electrons. The van der Waals surface area contributed by atoms with Crippen molar-refractivity contribution in [2.75, 3.05) is 6.54 Å². The Balaban J connectivity index is 2.44. The van der Waals surface area contributed by atoms with E-state index in [1.807, 2.05) is 6.07 Å². The van der Waals surface area contributed by atoms with Crippen molar-refractivity contribution in [3.05, 3.63) is 22.4 Å². The summed E-state index contributed by atoms with van der Waals surface area (Å²) >= 11 is 1.72. The molecule has 0 saturated carbocycles. The molecule has 2 atom stereocenters. The number of hydrogen-bond donors (Lipinski definition) is 2. The van der Waals surface area contributed by atoms with E-state index in [1.165, 1.54) is 4.88 Å². The molecule has 0 spiro atoms. The first-order chi connectivity index (χ1) is 5.74. The van der Waals surface area contributed by atoms with Crippen molar-refractivity contribution in [2.24, 2.45) is 17.4 Å². The van der Waals surface area contributed by atoms with E-state index in [2.05, 4.69) is 18.4 Å². The molecule has 12 heavy (non-hydrogen) atoms. The van der Waals surface area contributed by atoms with Crippen LogP contribution >= 0.6 is 11.3 Å². The largest absolute Gasteiger partial charge is 0.330 e. The molecule has 2 nitrogen and oxygen atoms in total. The van der Waals surface area contributed by atoms with Gasteiger partial charge in [0.1, 0.15) is 0 Å². The molecule has 0 amide bonds. The van der Waals surface area contributed by atoms with Gasteiger partial charge in [-0.15, -0.1) is 11.3 Å². The number of rotatable bonds is 4. The second-order valence-corrected chi connectivity index (χ2v) is 4.18. The minimum atomic E-state index is 0.170. The second-order valence-electron chi connectivity index (χ2n) is 3.20. The second kappa shape index (κ2) is 4.60. The molecule has 0 aliphatic rings. The lowest BCUT2D eigenvalue weighted by Gasteiger charge is -2.13. The monoisotopic (exact) mass is 184 g/mol. The topological polar surface area (TPSA) is 52.0 Å². The third kappa shape index (κ3) is 2.59. The zero-order chi connectivity index (χ0) is 8.97. The maximum atomic E-state index is 5.97. The van der Waals surface area contributed by atoms with E-state index < -0.39 is 0 Å². The van der Waals surface area contributed by atoms with E-state index in [1.54, 1.807) is 11.3 Å². The Bertz CT molecular complexity index is 208. The molecule has 0 radical (unpaired) electrons. The van der Waals surface area contributed by atoms with Crippen molar-refractivity contribution in [3.8, 4) is 0 Å². The van der Waals surface area contributed by atoms with Gasteiger partial charge < -0.3 is 11.5 Å². The van der Waals surface area contributed by atoms with Crippen LogP contribution in [0.4, 0.5) is 0 Å². The van der Waals surface area contributed by atoms with E-state index in [-0.39, 0.29) is 6.04 Å². The lowest BCUT2D eigenvalue weighted by Crippen LogP contribution is -2.18. The fourth-order valence-electron chi connectivity index (χ4n) is 1.15. The van der Waals surface area contributed by atoms with E-state index in [4.69, 9.17) is 11.5 Å². The van der Waals surface area contributed by atoms with Crippen LogP contribution in [-0.2, 0) is 0 Å². The van der Waals surface area contributed by atoms with E-state index in [0.717, 1.165) is 13.0 Å². The van der Waals surface area contributed by atoms with E-state index in [9.17, 15) is 0 Å². The summed E-state index contributed by atoms with van der Waals surface area (Å²) in [7, 11) is 0. The Kier molecular flexibility index (Phi) is 3.72. The van der Waals surface area contributed by atoms with Crippen molar-refractivity contribution in [1.82, 2.24) is 0 Å². The van der Waals surface area contributed by atoms with Gasteiger partial charge in [0.2, 0.25) is 0 Å². The van der Waals surface area contributed by atoms with Crippen LogP contribution in [0.1, 0.15) is 24.3 Å². The van der Waals surface area contributed by atoms with Crippen molar-refractivity contribution in [3.63, 3.8) is 0 Å². The normalized spacial score (nSPS) is 15.9. The van der Waals surface area contributed by atoms with Crippen molar-refractivity contribution < 1.29 is 0 Å². The number of hydrogen-bond acceptors (Lipinski definition) is 3. The van der Waals surface area contributed by atoms with Gasteiger partial charge in [-0.2, -0.15) is 0 Å². The van der Waals surface area contributed by atoms with Gasteiger partial charge in [-0.3, -0.25) is 0 Å². The van der Waals surface area contributed by atoms with Crippen LogP contribution in [0.3, 0.4) is 0 Å². The van der Waals surface area contributed by atoms with Gasteiger partial charge in [-0.1, -0.05) is 13.0 Å². The molecule has 1 aromatic heterocycles. The highest BCUT2D eigenvalue weighted by Crippen LogP contribution is 2.22. The number of thiophene rings is 1. The molecular formula is C9H16N2S. The summed E-state index contributed by atoms with van der Waals surface area (Å²) in [5.41, 5.74) is 11.5. The molecule has 4 N–H and O–H groups in total. The van der Waals surface area contributed by atoms with Crippen LogP contribution in [0.25, 0.3) is 0 Å². The highest BCUT2D eigenvalue weighted by atomic mass is 32.1. The maximum absolute atomic E-state index is 5.97. The molecule has 0 aromatic carbocycles. The number of nitrogens with two attached hydrogens (primary N) is 2. The van der Waals surface area contributed by atoms with E-state index in [0.29, 0.717) is 5.92 Å². The Morgan fingerprint density at radius 2 is 2.33 bits per heavy atom. The molecule has 0 saturated heterocycles. The first-order valence-corrected chi connectivity index (χ1v) is 5.11. The van der Waals surface area contributed by atoms with Crippen LogP contribution in [-0.4, -0.2) is 6.54 Å². The van der Waals surface area contributed by atoms with Crippen molar-refractivity contribution in [1.29, 1.82) is 0 Å². The van der Waals surface area contributed by atoms with Crippen LogP contribution < -0.4 is 11.5 Å². The molecule has 1 rings (SSSR count). The van der Waals surface area contributed by atoms with Gasteiger partial charge in [0.05, 0.1) is 0 Å². The van der Waals surface area contributed by atoms with E-state index >= 15 is 0 Å². The predicted octanol–water partition coefficient (Wildman–Crippen LogP) is 1.73. The summed E-state index contributed by atoms with van der Waals surface area (Å²) in [6.45, 7) is 2.85. The van der Waals surface area contributed by atoms with Gasteiger partial charge in [-0.25, -0.2) is 0 Å². The van der Waals surface area contributed by atoms with Crippen LogP contribution in [0.15, 0.2) is 17.5 Å². The van der Waals surface area contributed by atoms with Gasteiger partial charge in [0.25, 0.3) is 0 Å². The molecule has 0 bridgehead atoms. The van der Waals surface area contributed by atoms with Gasteiger partial charge in [0.15, 0.2) is 0 Å². The fourth-order valence-corrected chi connectivity index (χ4v) is 1.89. The zero-order valence-electron chi connectivity index (χ0n) is 7.36. The van der Waals surface area contributed by atoms with Crippen LogP contribution in [0.5, 0.6) is 0 Å². The van der Waals surface area contributed by atoms with Gasteiger partial charge in [0, 0.05) is 10.9 Å². The van der Waals surface area contributed by atoms with Gasteiger partial charge in [-0.05, 0) is 30.3 Å². The molecule has 0 fully saturated rings. The Morgan fingerprint density at radius 3 is 2.83 bits per heavy atom. The summed E-state index contributed by atoms with van der Waals surface area (Å²) in [5, 5.41) is 2.06. The third-order valence-electron chi connectivity index (χ3n) is 1.97. The molecule has 2 unspecified atom stereocenters. The third-order valence-corrected chi connectivity index (χ3v) is 2.97. The van der Waals surface area contributed by atoms with Crippen LogP contribution in [0, 0.1) is 5.92 Å². The molecule has 0 aliphatic heterocycles. The smallest absolute Gasteiger partial charge is 0.0392 e. The van der Waals surface area contributed by atoms with Crippen molar-refractivity contribution >= 4 is 11.3 Å². The van der Waals surface area contributed by atoms with Gasteiger partial charge >= 0.3 is 0 Å². The predicted molar refractivity (Wildman–Crippen MR) is 54.1 cm³/mol. The minimum Gasteiger partial charge on any atom is -0.330 e. The molecular weight excluding hydrogens is 168 g/mol.